The van der Waals surface area contributed by atoms with E-state index in [1.54, 1.807) is 18.2 Å². The maximum atomic E-state index is 13.0. The quantitative estimate of drug-likeness (QED) is 0.498. The molecule has 3 rings (SSSR count). The zero-order valence-corrected chi connectivity index (χ0v) is 16.4. The second-order valence-electron chi connectivity index (χ2n) is 6.38. The molecule has 0 saturated carbocycles. The fourth-order valence-corrected chi connectivity index (χ4v) is 3.28. The summed E-state index contributed by atoms with van der Waals surface area (Å²) in [5.41, 5.74) is 4.14. The zero-order valence-electron chi connectivity index (χ0n) is 14.9. The lowest BCUT2D eigenvalue weighted by Crippen LogP contribution is -2.14. The third-order valence-corrected chi connectivity index (χ3v) is 4.65. The van der Waals surface area contributed by atoms with Gasteiger partial charge in [0.1, 0.15) is 18.2 Å². The van der Waals surface area contributed by atoms with Crippen LogP contribution in [-0.2, 0) is 19.7 Å². The van der Waals surface area contributed by atoms with Crippen molar-refractivity contribution in [3.8, 4) is 5.75 Å². The normalized spacial score (nSPS) is 10.8. The molecule has 0 aliphatic carbocycles. The van der Waals surface area contributed by atoms with Crippen LogP contribution < -0.4 is 10.1 Å². The Morgan fingerprint density at radius 1 is 0.889 bits per heavy atom. The molecule has 0 fully saturated rings. The molecule has 2 nitrogen and oxygen atoms in total. The summed E-state index contributed by atoms with van der Waals surface area (Å²) in [4.78, 5) is 0. The van der Waals surface area contributed by atoms with Gasteiger partial charge in [0.2, 0.25) is 0 Å². The van der Waals surface area contributed by atoms with Gasteiger partial charge in [0.05, 0.1) is 5.02 Å². The SMILES string of the molecule is Cc1ccc(COc2c(Cl)cc(Cl)cc2CNCc2ccc(F)cc2)cc1. The van der Waals surface area contributed by atoms with Crippen molar-refractivity contribution in [3.63, 3.8) is 0 Å². The molecule has 140 valence electrons. The lowest BCUT2D eigenvalue weighted by atomic mass is 10.1. The van der Waals surface area contributed by atoms with E-state index in [0.29, 0.717) is 35.5 Å². The average Bonchev–Trinajstić information content (AvgIpc) is 2.64. The van der Waals surface area contributed by atoms with Gasteiger partial charge in [-0.05, 0) is 42.3 Å². The summed E-state index contributed by atoms with van der Waals surface area (Å²) in [5, 5.41) is 4.35. The van der Waals surface area contributed by atoms with E-state index >= 15 is 0 Å². The molecule has 0 heterocycles. The molecule has 0 unspecified atom stereocenters. The summed E-state index contributed by atoms with van der Waals surface area (Å²) in [6.45, 7) is 3.60. The minimum atomic E-state index is -0.243. The molecule has 27 heavy (non-hydrogen) atoms. The van der Waals surface area contributed by atoms with Gasteiger partial charge < -0.3 is 10.1 Å². The molecule has 0 aliphatic heterocycles. The fraction of sp³-hybridized carbons (Fsp3) is 0.182. The second kappa shape index (κ2) is 9.23. The summed E-state index contributed by atoms with van der Waals surface area (Å²) in [7, 11) is 0. The van der Waals surface area contributed by atoms with Crippen LogP contribution in [0.1, 0.15) is 22.3 Å². The van der Waals surface area contributed by atoms with E-state index < -0.39 is 0 Å². The van der Waals surface area contributed by atoms with Crippen LogP contribution in [0.5, 0.6) is 5.75 Å². The van der Waals surface area contributed by atoms with Crippen LogP contribution in [0.15, 0.2) is 60.7 Å². The van der Waals surface area contributed by atoms with Crippen molar-refractivity contribution < 1.29 is 9.13 Å². The topological polar surface area (TPSA) is 21.3 Å². The molecule has 0 radical (unpaired) electrons. The van der Waals surface area contributed by atoms with Crippen LogP contribution in [0.4, 0.5) is 4.39 Å². The van der Waals surface area contributed by atoms with Gasteiger partial charge in [-0.2, -0.15) is 0 Å². The largest absolute Gasteiger partial charge is 0.487 e. The summed E-state index contributed by atoms with van der Waals surface area (Å²) < 4.78 is 19.0. The van der Waals surface area contributed by atoms with Crippen LogP contribution in [0, 0.1) is 12.7 Å². The van der Waals surface area contributed by atoms with Gasteiger partial charge in [0.25, 0.3) is 0 Å². The first-order valence-corrected chi connectivity index (χ1v) is 9.38. The number of aryl methyl sites for hydroxylation is 1. The number of ether oxygens (including phenoxy) is 1. The molecule has 5 heteroatoms. The van der Waals surface area contributed by atoms with Crippen molar-refractivity contribution in [2.24, 2.45) is 0 Å². The number of halogens is 3. The van der Waals surface area contributed by atoms with E-state index in [0.717, 1.165) is 16.7 Å². The van der Waals surface area contributed by atoms with E-state index in [-0.39, 0.29) is 5.82 Å². The van der Waals surface area contributed by atoms with Crippen molar-refractivity contribution in [1.82, 2.24) is 5.32 Å². The Labute approximate surface area is 168 Å². The Bertz CT molecular complexity index is 895. The van der Waals surface area contributed by atoms with Crippen LogP contribution in [0.25, 0.3) is 0 Å². The van der Waals surface area contributed by atoms with Gasteiger partial charge in [-0.1, -0.05) is 65.2 Å². The number of nitrogens with one attached hydrogen (secondary N) is 1. The number of rotatable bonds is 7. The van der Waals surface area contributed by atoms with Crippen molar-refractivity contribution >= 4 is 23.2 Å². The standard InChI is InChI=1S/C22H20Cl2FNO/c1-15-2-4-17(5-3-15)14-27-22-18(10-19(23)11-21(22)24)13-26-12-16-6-8-20(25)9-7-16/h2-11,26H,12-14H2,1H3. The minimum absolute atomic E-state index is 0.243. The van der Waals surface area contributed by atoms with Gasteiger partial charge in [-0.25, -0.2) is 4.39 Å². The number of benzene rings is 3. The maximum absolute atomic E-state index is 13.0. The van der Waals surface area contributed by atoms with Gasteiger partial charge in [0.15, 0.2) is 0 Å². The Balaban J connectivity index is 1.67. The lowest BCUT2D eigenvalue weighted by Gasteiger charge is -2.15. The second-order valence-corrected chi connectivity index (χ2v) is 7.22. The highest BCUT2D eigenvalue weighted by Crippen LogP contribution is 2.33. The molecule has 0 spiro atoms. The van der Waals surface area contributed by atoms with Gasteiger partial charge >= 0.3 is 0 Å². The molecule has 0 saturated heterocycles. The Morgan fingerprint density at radius 2 is 1.56 bits per heavy atom. The van der Waals surface area contributed by atoms with Crippen LogP contribution in [-0.4, -0.2) is 0 Å². The maximum Gasteiger partial charge on any atom is 0.142 e. The first-order chi connectivity index (χ1) is 13.0. The summed E-state index contributed by atoms with van der Waals surface area (Å²) in [6, 6.07) is 18.1. The third kappa shape index (κ3) is 5.70. The van der Waals surface area contributed by atoms with E-state index in [2.05, 4.69) is 5.32 Å². The number of hydrogen-bond acceptors (Lipinski definition) is 2. The van der Waals surface area contributed by atoms with E-state index in [1.165, 1.54) is 17.7 Å². The number of hydrogen-bond donors (Lipinski definition) is 1. The fourth-order valence-electron chi connectivity index (χ4n) is 2.69. The van der Waals surface area contributed by atoms with Gasteiger partial charge in [0, 0.05) is 23.7 Å². The van der Waals surface area contributed by atoms with Crippen LogP contribution in [0.3, 0.4) is 0 Å². The highest BCUT2D eigenvalue weighted by Gasteiger charge is 2.11. The Morgan fingerprint density at radius 3 is 2.26 bits per heavy atom. The third-order valence-electron chi connectivity index (χ3n) is 4.15. The molecule has 0 aromatic heterocycles. The summed E-state index contributed by atoms with van der Waals surface area (Å²) in [6.07, 6.45) is 0. The van der Waals surface area contributed by atoms with E-state index in [4.69, 9.17) is 27.9 Å². The molecule has 0 amide bonds. The average molecular weight is 404 g/mol. The highest BCUT2D eigenvalue weighted by molar-refractivity contribution is 6.35. The molecular formula is C22H20Cl2FNO. The molecule has 3 aromatic carbocycles. The molecule has 0 atom stereocenters. The molecular weight excluding hydrogens is 384 g/mol. The predicted molar refractivity (Wildman–Crippen MR) is 109 cm³/mol. The molecule has 1 N–H and O–H groups in total. The van der Waals surface area contributed by atoms with E-state index in [9.17, 15) is 4.39 Å². The molecule has 3 aromatic rings. The summed E-state index contributed by atoms with van der Waals surface area (Å²) in [5.74, 6) is 0.375. The Hall–Kier alpha value is -2.07. The Kier molecular flexibility index (Phi) is 6.73. The lowest BCUT2D eigenvalue weighted by molar-refractivity contribution is 0.302. The van der Waals surface area contributed by atoms with Crippen molar-refractivity contribution in [3.05, 3.63) is 98.8 Å². The minimum Gasteiger partial charge on any atom is -0.487 e. The predicted octanol–water partition coefficient (Wildman–Crippen LogP) is 6.31. The molecule has 0 aliphatic rings. The van der Waals surface area contributed by atoms with E-state index in [1.807, 2.05) is 37.3 Å². The highest BCUT2D eigenvalue weighted by atomic mass is 35.5. The monoisotopic (exact) mass is 403 g/mol. The van der Waals surface area contributed by atoms with Crippen molar-refractivity contribution in [2.75, 3.05) is 0 Å². The first-order valence-electron chi connectivity index (χ1n) is 8.62. The summed E-state index contributed by atoms with van der Waals surface area (Å²) >= 11 is 12.5. The van der Waals surface area contributed by atoms with Crippen molar-refractivity contribution in [1.29, 1.82) is 0 Å². The first kappa shape index (κ1) is 19.7. The van der Waals surface area contributed by atoms with Crippen molar-refractivity contribution in [2.45, 2.75) is 26.6 Å². The smallest absolute Gasteiger partial charge is 0.142 e. The zero-order chi connectivity index (χ0) is 19.2. The molecule has 0 bridgehead atoms. The van der Waals surface area contributed by atoms with Crippen LogP contribution in [0.2, 0.25) is 10.0 Å². The van der Waals surface area contributed by atoms with Gasteiger partial charge in [-0.15, -0.1) is 0 Å². The van der Waals surface area contributed by atoms with Crippen LogP contribution >= 0.6 is 23.2 Å². The van der Waals surface area contributed by atoms with Gasteiger partial charge in [-0.3, -0.25) is 0 Å².